The summed E-state index contributed by atoms with van der Waals surface area (Å²) in [5, 5.41) is 2.99. The van der Waals surface area contributed by atoms with Gasteiger partial charge in [0.05, 0.1) is 10.6 Å². The third kappa shape index (κ3) is 2.35. The van der Waals surface area contributed by atoms with Gasteiger partial charge in [-0.15, -0.1) is 11.3 Å². The average Bonchev–Trinajstić information content (AvgIpc) is 2.64. The Labute approximate surface area is 101 Å². The Bertz CT molecular complexity index is 524. The number of ether oxygens (including phenoxy) is 1. The van der Waals surface area contributed by atoms with Gasteiger partial charge < -0.3 is 10.5 Å². The monoisotopic (exact) mass is 253 g/mol. The molecule has 0 atom stereocenters. The maximum Gasteiger partial charge on any atom is 0.252 e. The SMILES string of the molecule is NC(=O)c1ccccc1Oc1cc(Cl)cs1. The van der Waals surface area contributed by atoms with E-state index in [1.165, 1.54) is 11.3 Å². The number of para-hydroxylation sites is 1. The number of primary amides is 1. The summed E-state index contributed by atoms with van der Waals surface area (Å²) >= 11 is 7.13. The zero-order valence-corrected chi connectivity index (χ0v) is 9.72. The Hall–Kier alpha value is -1.52. The minimum Gasteiger partial charge on any atom is -0.446 e. The zero-order chi connectivity index (χ0) is 11.5. The number of benzene rings is 1. The van der Waals surface area contributed by atoms with Gasteiger partial charge in [-0.05, 0) is 12.1 Å². The van der Waals surface area contributed by atoms with Gasteiger partial charge in [-0.25, -0.2) is 0 Å². The first-order chi connectivity index (χ1) is 7.66. The largest absolute Gasteiger partial charge is 0.446 e. The zero-order valence-electron chi connectivity index (χ0n) is 8.14. The normalized spacial score (nSPS) is 10.1. The molecule has 2 rings (SSSR count). The molecule has 0 spiro atoms. The lowest BCUT2D eigenvalue weighted by atomic mass is 10.2. The molecular formula is C11H8ClNO2S. The predicted molar refractivity (Wildman–Crippen MR) is 64.4 cm³/mol. The molecule has 0 aliphatic rings. The third-order valence-electron chi connectivity index (χ3n) is 1.91. The van der Waals surface area contributed by atoms with Crippen LogP contribution >= 0.6 is 22.9 Å². The number of carbonyl (C=O) groups excluding carboxylic acids is 1. The molecule has 1 amide bonds. The quantitative estimate of drug-likeness (QED) is 0.913. The molecule has 2 N–H and O–H groups in total. The molecule has 1 aromatic heterocycles. The molecule has 0 bridgehead atoms. The maximum atomic E-state index is 11.1. The fraction of sp³-hybridized carbons (Fsp3) is 0. The van der Waals surface area contributed by atoms with Crippen LogP contribution in [0.5, 0.6) is 10.8 Å². The topological polar surface area (TPSA) is 52.3 Å². The van der Waals surface area contributed by atoms with Crippen molar-refractivity contribution in [1.29, 1.82) is 0 Å². The molecule has 3 nitrogen and oxygen atoms in total. The van der Waals surface area contributed by atoms with E-state index in [0.717, 1.165) is 0 Å². The van der Waals surface area contributed by atoms with E-state index in [0.29, 0.717) is 21.4 Å². The third-order valence-corrected chi connectivity index (χ3v) is 3.06. The van der Waals surface area contributed by atoms with Crippen molar-refractivity contribution in [3.8, 4) is 10.8 Å². The van der Waals surface area contributed by atoms with E-state index in [1.807, 2.05) is 0 Å². The van der Waals surface area contributed by atoms with Gasteiger partial charge in [-0.2, -0.15) is 0 Å². The fourth-order valence-electron chi connectivity index (χ4n) is 1.22. The van der Waals surface area contributed by atoms with Crippen molar-refractivity contribution in [2.45, 2.75) is 0 Å². The maximum absolute atomic E-state index is 11.1. The van der Waals surface area contributed by atoms with Crippen LogP contribution < -0.4 is 10.5 Å². The first-order valence-corrected chi connectivity index (χ1v) is 5.73. The molecule has 1 heterocycles. The van der Waals surface area contributed by atoms with E-state index < -0.39 is 5.91 Å². The number of rotatable bonds is 3. The van der Waals surface area contributed by atoms with Crippen LogP contribution in [0, 0.1) is 0 Å². The van der Waals surface area contributed by atoms with E-state index >= 15 is 0 Å². The van der Waals surface area contributed by atoms with Gasteiger partial charge in [0.25, 0.3) is 5.91 Å². The van der Waals surface area contributed by atoms with Crippen molar-refractivity contribution in [2.24, 2.45) is 5.73 Å². The van der Waals surface area contributed by atoms with E-state index in [-0.39, 0.29) is 0 Å². The van der Waals surface area contributed by atoms with Crippen molar-refractivity contribution in [3.63, 3.8) is 0 Å². The smallest absolute Gasteiger partial charge is 0.252 e. The molecule has 1 aromatic carbocycles. The minimum absolute atomic E-state index is 0.354. The number of nitrogens with two attached hydrogens (primary N) is 1. The lowest BCUT2D eigenvalue weighted by Crippen LogP contribution is -2.11. The molecule has 2 aromatic rings. The summed E-state index contributed by atoms with van der Waals surface area (Å²) in [6.45, 7) is 0. The van der Waals surface area contributed by atoms with Crippen molar-refractivity contribution >= 4 is 28.8 Å². The van der Waals surface area contributed by atoms with Crippen molar-refractivity contribution in [2.75, 3.05) is 0 Å². The van der Waals surface area contributed by atoms with Crippen LogP contribution in [-0.2, 0) is 0 Å². The Kier molecular flexibility index (Phi) is 3.12. The molecular weight excluding hydrogens is 246 g/mol. The summed E-state index contributed by atoms with van der Waals surface area (Å²) in [6, 6.07) is 8.50. The summed E-state index contributed by atoms with van der Waals surface area (Å²) < 4.78 is 5.52. The van der Waals surface area contributed by atoms with E-state index in [4.69, 9.17) is 22.1 Å². The van der Waals surface area contributed by atoms with E-state index in [2.05, 4.69) is 0 Å². The van der Waals surface area contributed by atoms with Crippen molar-refractivity contribution in [1.82, 2.24) is 0 Å². The first-order valence-electron chi connectivity index (χ1n) is 4.47. The molecule has 0 fully saturated rings. The Morgan fingerprint density at radius 2 is 2.12 bits per heavy atom. The number of thiophene rings is 1. The Balaban J connectivity index is 2.31. The van der Waals surface area contributed by atoms with E-state index in [1.54, 1.807) is 35.7 Å². The van der Waals surface area contributed by atoms with Gasteiger partial charge in [0, 0.05) is 11.4 Å². The van der Waals surface area contributed by atoms with Gasteiger partial charge in [-0.1, -0.05) is 23.7 Å². The first kappa shape index (κ1) is 11.0. The van der Waals surface area contributed by atoms with Crippen LogP contribution in [0.1, 0.15) is 10.4 Å². The van der Waals surface area contributed by atoms with Gasteiger partial charge in [0.1, 0.15) is 5.75 Å². The number of hydrogen-bond acceptors (Lipinski definition) is 3. The summed E-state index contributed by atoms with van der Waals surface area (Å²) in [6.07, 6.45) is 0. The highest BCUT2D eigenvalue weighted by atomic mass is 35.5. The van der Waals surface area contributed by atoms with Gasteiger partial charge >= 0.3 is 0 Å². The van der Waals surface area contributed by atoms with Crippen LogP contribution in [-0.4, -0.2) is 5.91 Å². The molecule has 0 aliphatic heterocycles. The summed E-state index contributed by atoms with van der Waals surface area (Å²) in [5.74, 6) is -0.0771. The fourth-order valence-corrected chi connectivity index (χ4v) is 2.14. The van der Waals surface area contributed by atoms with Crippen LogP contribution in [0.4, 0.5) is 0 Å². The lowest BCUT2D eigenvalue weighted by Gasteiger charge is -2.06. The standard InChI is InChI=1S/C11H8ClNO2S/c12-7-5-10(16-6-7)15-9-4-2-1-3-8(9)11(13)14/h1-6H,(H2,13,14). The van der Waals surface area contributed by atoms with Crippen LogP contribution in [0.3, 0.4) is 0 Å². The highest BCUT2D eigenvalue weighted by Gasteiger charge is 2.09. The number of amides is 1. The highest BCUT2D eigenvalue weighted by Crippen LogP contribution is 2.32. The molecule has 0 unspecified atom stereocenters. The number of carbonyl (C=O) groups is 1. The second-order valence-corrected chi connectivity index (χ2v) is 4.36. The summed E-state index contributed by atoms with van der Waals surface area (Å²) in [4.78, 5) is 11.1. The van der Waals surface area contributed by atoms with Crippen molar-refractivity contribution in [3.05, 3.63) is 46.3 Å². The molecule has 16 heavy (non-hydrogen) atoms. The summed E-state index contributed by atoms with van der Waals surface area (Å²) in [5.41, 5.74) is 5.59. The molecule has 0 saturated carbocycles. The molecule has 0 radical (unpaired) electrons. The van der Waals surface area contributed by atoms with Gasteiger partial charge in [0.2, 0.25) is 0 Å². The number of hydrogen-bond donors (Lipinski definition) is 1. The Morgan fingerprint density at radius 1 is 1.38 bits per heavy atom. The highest BCUT2D eigenvalue weighted by molar-refractivity contribution is 7.12. The van der Waals surface area contributed by atoms with Gasteiger partial charge in [-0.3, -0.25) is 4.79 Å². The average molecular weight is 254 g/mol. The van der Waals surface area contributed by atoms with Crippen molar-refractivity contribution < 1.29 is 9.53 Å². The summed E-state index contributed by atoms with van der Waals surface area (Å²) in [7, 11) is 0. The molecule has 0 saturated heterocycles. The second kappa shape index (κ2) is 4.55. The minimum atomic E-state index is -0.516. The van der Waals surface area contributed by atoms with E-state index in [9.17, 15) is 4.79 Å². The van der Waals surface area contributed by atoms with Crippen LogP contribution in [0.25, 0.3) is 0 Å². The lowest BCUT2D eigenvalue weighted by molar-refractivity contribution is 0.0998. The molecule has 0 aliphatic carbocycles. The van der Waals surface area contributed by atoms with Crippen LogP contribution in [0.15, 0.2) is 35.7 Å². The second-order valence-electron chi connectivity index (χ2n) is 3.05. The molecule has 82 valence electrons. The molecule has 5 heteroatoms. The Morgan fingerprint density at radius 3 is 2.75 bits per heavy atom. The predicted octanol–water partition coefficient (Wildman–Crippen LogP) is 3.29. The van der Waals surface area contributed by atoms with Crippen LogP contribution in [0.2, 0.25) is 5.02 Å². The van der Waals surface area contributed by atoms with Gasteiger partial charge in [0.15, 0.2) is 5.06 Å². The number of halogens is 1.